The highest BCUT2D eigenvalue weighted by molar-refractivity contribution is 8.13. The van der Waals surface area contributed by atoms with Gasteiger partial charge in [0.25, 0.3) is 5.24 Å². The minimum Gasteiger partial charge on any atom is -0.314 e. The van der Waals surface area contributed by atoms with Crippen molar-refractivity contribution in [1.82, 2.24) is 0 Å². The highest BCUT2D eigenvalue weighted by atomic mass is 32.2. The van der Waals surface area contributed by atoms with E-state index < -0.39 is 20.9 Å². The molecule has 0 radical (unpaired) electrons. The first kappa shape index (κ1) is 13.0. The predicted molar refractivity (Wildman–Crippen MR) is 62.0 cm³/mol. The van der Waals surface area contributed by atoms with E-state index in [2.05, 4.69) is 5.32 Å². The highest BCUT2D eigenvalue weighted by Crippen LogP contribution is 2.19. The van der Waals surface area contributed by atoms with Crippen LogP contribution in [-0.4, -0.2) is 26.2 Å². The van der Waals surface area contributed by atoms with Crippen LogP contribution in [0, 0.1) is 5.82 Å². The Labute approximate surface area is 97.2 Å². The topological polar surface area (TPSA) is 63.2 Å². The fourth-order valence-electron chi connectivity index (χ4n) is 0.989. The lowest BCUT2D eigenvalue weighted by atomic mass is 10.3. The van der Waals surface area contributed by atoms with Crippen molar-refractivity contribution < 1.29 is 17.6 Å². The first-order valence-electron chi connectivity index (χ1n) is 4.19. The van der Waals surface area contributed by atoms with Gasteiger partial charge in [-0.3, -0.25) is 4.79 Å². The number of rotatable bonds is 2. The maximum Gasteiger partial charge on any atom is 0.283 e. The minimum atomic E-state index is -3.43. The summed E-state index contributed by atoms with van der Waals surface area (Å²) in [6.07, 6.45) is 2.54. The zero-order valence-corrected chi connectivity index (χ0v) is 10.3. The predicted octanol–water partition coefficient (Wildman–Crippen LogP) is 2.12. The molecule has 0 unspecified atom stereocenters. The normalized spacial score (nSPS) is 11.2. The van der Waals surface area contributed by atoms with Crippen LogP contribution in [0.4, 0.5) is 14.9 Å². The van der Waals surface area contributed by atoms with Crippen molar-refractivity contribution in [2.75, 3.05) is 17.8 Å². The second-order valence-electron chi connectivity index (χ2n) is 3.03. The molecule has 88 valence electrons. The van der Waals surface area contributed by atoms with Crippen molar-refractivity contribution in [1.29, 1.82) is 0 Å². The van der Waals surface area contributed by atoms with Crippen molar-refractivity contribution in [3.63, 3.8) is 0 Å². The lowest BCUT2D eigenvalue weighted by Crippen LogP contribution is -2.07. The highest BCUT2D eigenvalue weighted by Gasteiger charge is 2.12. The van der Waals surface area contributed by atoms with Crippen LogP contribution in [-0.2, 0) is 9.84 Å². The lowest BCUT2D eigenvalue weighted by molar-refractivity contribution is 0.269. The van der Waals surface area contributed by atoms with Gasteiger partial charge in [-0.25, -0.2) is 12.8 Å². The van der Waals surface area contributed by atoms with Crippen molar-refractivity contribution in [3.05, 3.63) is 24.0 Å². The molecule has 0 fully saturated rings. The molecule has 4 nitrogen and oxygen atoms in total. The van der Waals surface area contributed by atoms with Crippen LogP contribution in [0.1, 0.15) is 0 Å². The zero-order chi connectivity index (χ0) is 12.3. The molecule has 7 heteroatoms. The van der Waals surface area contributed by atoms with E-state index in [0.717, 1.165) is 24.1 Å². The maximum absolute atomic E-state index is 13.4. The summed E-state index contributed by atoms with van der Waals surface area (Å²) in [5.74, 6) is -0.773. The summed E-state index contributed by atoms with van der Waals surface area (Å²) in [4.78, 5) is 10.9. The molecule has 1 rings (SSSR count). The number of thioether (sulfide) groups is 1. The summed E-state index contributed by atoms with van der Waals surface area (Å²) in [6.45, 7) is 0. The number of anilines is 1. The second-order valence-corrected chi connectivity index (χ2v) is 5.83. The van der Waals surface area contributed by atoms with Gasteiger partial charge in [-0.2, -0.15) is 0 Å². The molecule has 0 saturated heterocycles. The number of hydrogen-bond donors (Lipinski definition) is 1. The van der Waals surface area contributed by atoms with Gasteiger partial charge in [0.05, 0.1) is 10.6 Å². The third kappa shape index (κ3) is 3.21. The van der Waals surface area contributed by atoms with Gasteiger partial charge in [-0.05, 0) is 24.5 Å². The number of hydrogen-bond acceptors (Lipinski definition) is 4. The number of amides is 1. The summed E-state index contributed by atoms with van der Waals surface area (Å²) in [5.41, 5.74) is -0.0354. The van der Waals surface area contributed by atoms with Crippen LogP contribution < -0.4 is 5.32 Å². The molecular weight excluding hydrogens is 253 g/mol. The van der Waals surface area contributed by atoms with Gasteiger partial charge in [0.15, 0.2) is 9.84 Å². The van der Waals surface area contributed by atoms with Gasteiger partial charge in [0, 0.05) is 6.26 Å². The second kappa shape index (κ2) is 4.84. The number of carbonyl (C=O) groups excluding carboxylic acids is 1. The molecule has 0 aliphatic heterocycles. The Bertz CT molecular complexity index is 513. The Balaban J connectivity index is 3.06. The van der Waals surface area contributed by atoms with Gasteiger partial charge >= 0.3 is 0 Å². The average Bonchev–Trinajstić information content (AvgIpc) is 2.19. The van der Waals surface area contributed by atoms with Crippen LogP contribution >= 0.6 is 11.8 Å². The van der Waals surface area contributed by atoms with Gasteiger partial charge < -0.3 is 5.32 Å². The third-order valence-corrected chi connectivity index (χ3v) is 3.37. The van der Waals surface area contributed by atoms with Crippen molar-refractivity contribution >= 4 is 32.5 Å². The molecule has 0 aromatic heterocycles. The van der Waals surface area contributed by atoms with E-state index >= 15 is 0 Å². The van der Waals surface area contributed by atoms with Gasteiger partial charge in [-0.15, -0.1) is 0 Å². The van der Waals surface area contributed by atoms with Gasteiger partial charge in [0.1, 0.15) is 5.82 Å². The van der Waals surface area contributed by atoms with Crippen LogP contribution in [0.2, 0.25) is 0 Å². The van der Waals surface area contributed by atoms with Crippen LogP contribution in [0.25, 0.3) is 0 Å². The molecule has 1 aromatic rings. The number of nitrogens with one attached hydrogen (secondary N) is 1. The zero-order valence-electron chi connectivity index (χ0n) is 8.65. The minimum absolute atomic E-state index is 0.0354. The van der Waals surface area contributed by atoms with E-state index in [0.29, 0.717) is 0 Å². The Morgan fingerprint density at radius 3 is 2.50 bits per heavy atom. The van der Waals surface area contributed by atoms with E-state index in [9.17, 15) is 17.6 Å². The fraction of sp³-hybridized carbons (Fsp3) is 0.222. The molecule has 0 atom stereocenters. The molecule has 1 amide bonds. The van der Waals surface area contributed by atoms with Crippen LogP contribution in [0.5, 0.6) is 0 Å². The maximum atomic E-state index is 13.4. The Morgan fingerprint density at radius 1 is 1.44 bits per heavy atom. The molecule has 0 saturated carbocycles. The van der Waals surface area contributed by atoms with Crippen molar-refractivity contribution in [2.24, 2.45) is 0 Å². The molecule has 1 N–H and O–H groups in total. The average molecular weight is 263 g/mol. The monoisotopic (exact) mass is 263 g/mol. The molecular formula is C9H10FNO3S2. The van der Waals surface area contributed by atoms with Gasteiger partial charge in [0.2, 0.25) is 0 Å². The van der Waals surface area contributed by atoms with Crippen LogP contribution in [0.15, 0.2) is 23.1 Å². The fourth-order valence-corrected chi connectivity index (χ4v) is 1.83. The van der Waals surface area contributed by atoms with E-state index in [4.69, 9.17) is 0 Å². The molecule has 0 aliphatic rings. The number of benzene rings is 1. The summed E-state index contributed by atoms with van der Waals surface area (Å²) in [5, 5.41) is 1.88. The number of sulfone groups is 1. The molecule has 0 spiro atoms. The molecule has 0 heterocycles. The van der Waals surface area contributed by atoms with Crippen LogP contribution in [0.3, 0.4) is 0 Å². The standard InChI is InChI=1S/C9H10FNO3S2/c1-15-9(12)11-8-4-3-6(5-7(8)10)16(2,13)14/h3-5H,1-2H3,(H,11,12). The molecule has 0 bridgehead atoms. The first-order chi connectivity index (χ1) is 7.34. The van der Waals surface area contributed by atoms with E-state index in [1.807, 2.05) is 0 Å². The summed E-state index contributed by atoms with van der Waals surface area (Å²) >= 11 is 0.903. The largest absolute Gasteiger partial charge is 0.314 e. The SMILES string of the molecule is CSC(=O)Nc1ccc(S(C)(=O)=O)cc1F. The van der Waals surface area contributed by atoms with E-state index in [1.165, 1.54) is 12.1 Å². The smallest absolute Gasteiger partial charge is 0.283 e. The summed E-state index contributed by atoms with van der Waals surface area (Å²) in [7, 11) is -3.43. The molecule has 1 aromatic carbocycles. The van der Waals surface area contributed by atoms with Gasteiger partial charge in [-0.1, -0.05) is 11.8 Å². The molecule has 0 aliphatic carbocycles. The van der Waals surface area contributed by atoms with E-state index in [-0.39, 0.29) is 10.6 Å². The lowest BCUT2D eigenvalue weighted by Gasteiger charge is -2.05. The summed E-state index contributed by atoms with van der Waals surface area (Å²) < 4.78 is 35.6. The number of carbonyl (C=O) groups is 1. The van der Waals surface area contributed by atoms with Crippen molar-refractivity contribution in [2.45, 2.75) is 4.90 Å². The first-order valence-corrected chi connectivity index (χ1v) is 7.31. The Hall–Kier alpha value is -1.08. The van der Waals surface area contributed by atoms with Crippen molar-refractivity contribution in [3.8, 4) is 0 Å². The summed E-state index contributed by atoms with van der Waals surface area (Å²) in [6, 6.07) is 3.35. The Morgan fingerprint density at radius 2 is 2.06 bits per heavy atom. The number of halogens is 1. The quantitative estimate of drug-likeness (QED) is 0.887. The third-order valence-electron chi connectivity index (χ3n) is 1.79. The molecule has 16 heavy (non-hydrogen) atoms. The van der Waals surface area contributed by atoms with E-state index in [1.54, 1.807) is 6.26 Å². The Kier molecular flexibility index (Phi) is 3.93.